The number of hydrogen-bond donors (Lipinski definition) is 0. The van der Waals surface area contributed by atoms with Gasteiger partial charge in [-0.15, -0.1) is 0 Å². The Kier molecular flexibility index (Phi) is 6.13. The average molecular weight is 399 g/mol. The number of carbonyl (C=O) groups is 2. The molecule has 0 aliphatic carbocycles. The first kappa shape index (κ1) is 19.9. The number of ether oxygens (including phenoxy) is 1. The van der Waals surface area contributed by atoms with E-state index in [1.807, 2.05) is 16.0 Å². The van der Waals surface area contributed by atoms with Crippen molar-refractivity contribution in [3.05, 3.63) is 35.7 Å². The van der Waals surface area contributed by atoms with E-state index < -0.39 is 0 Å². The molecule has 2 fully saturated rings. The van der Waals surface area contributed by atoms with Crippen molar-refractivity contribution in [2.75, 3.05) is 39.4 Å². The Hall–Kier alpha value is -2.41. The van der Waals surface area contributed by atoms with Gasteiger partial charge in [0.1, 0.15) is 0 Å². The number of nitrogens with zero attached hydrogens (tertiary/aromatic N) is 4. The number of unbranched alkanes of at least 4 members (excludes halogenated alkanes) is 1. The fraction of sp³-hybridized carbons (Fsp3) is 0.591. The van der Waals surface area contributed by atoms with Crippen LogP contribution < -0.4 is 0 Å². The molecule has 2 aromatic heterocycles. The zero-order valence-electron chi connectivity index (χ0n) is 17.2. The molecule has 0 bridgehead atoms. The van der Waals surface area contributed by atoms with Crippen LogP contribution in [0.1, 0.15) is 60.9 Å². The molecular weight excluding hydrogens is 368 g/mol. The lowest BCUT2D eigenvalue weighted by atomic mass is 9.89. The number of piperidine rings is 1. The second kappa shape index (κ2) is 8.95. The average Bonchev–Trinajstić information content (AvgIpc) is 3.21. The number of fused-ring (bicyclic) bond motifs is 1. The predicted molar refractivity (Wildman–Crippen MR) is 110 cm³/mol. The predicted octanol–water partition coefficient (Wildman–Crippen LogP) is 2.70. The number of rotatable bonds is 5. The van der Waals surface area contributed by atoms with Crippen LogP contribution in [0.25, 0.3) is 5.52 Å². The number of carbonyl (C=O) groups excluding carboxylic acids is 2. The van der Waals surface area contributed by atoms with Crippen LogP contribution in [-0.2, 0) is 9.53 Å². The number of pyridine rings is 1. The summed E-state index contributed by atoms with van der Waals surface area (Å²) >= 11 is 0. The number of likely N-dealkylation sites (tertiary alicyclic amines) is 1. The normalized spacial score (nSPS) is 18.4. The van der Waals surface area contributed by atoms with E-state index in [1.54, 1.807) is 10.7 Å². The quantitative estimate of drug-likeness (QED) is 0.777. The second-order valence-electron chi connectivity index (χ2n) is 8.01. The van der Waals surface area contributed by atoms with E-state index in [0.29, 0.717) is 44.2 Å². The van der Waals surface area contributed by atoms with E-state index in [0.717, 1.165) is 44.3 Å². The zero-order chi connectivity index (χ0) is 20.2. The Labute approximate surface area is 171 Å². The Morgan fingerprint density at radius 2 is 1.90 bits per heavy atom. The Bertz CT molecular complexity index is 864. The van der Waals surface area contributed by atoms with Crippen molar-refractivity contribution >= 4 is 17.3 Å². The smallest absolute Gasteiger partial charge is 0.257 e. The van der Waals surface area contributed by atoms with Crippen molar-refractivity contribution in [3.63, 3.8) is 0 Å². The molecule has 0 saturated carbocycles. The van der Waals surface area contributed by atoms with E-state index in [1.165, 1.54) is 5.56 Å². The Morgan fingerprint density at radius 3 is 2.62 bits per heavy atom. The first-order chi connectivity index (χ1) is 14.2. The van der Waals surface area contributed by atoms with Crippen LogP contribution in [0.15, 0.2) is 24.5 Å². The largest absolute Gasteiger partial charge is 0.378 e. The molecule has 156 valence electrons. The van der Waals surface area contributed by atoms with Gasteiger partial charge in [0.05, 0.1) is 30.5 Å². The number of amides is 2. The van der Waals surface area contributed by atoms with Gasteiger partial charge < -0.3 is 14.5 Å². The van der Waals surface area contributed by atoms with Crippen molar-refractivity contribution in [2.45, 2.75) is 44.9 Å². The van der Waals surface area contributed by atoms with Gasteiger partial charge in [0.25, 0.3) is 5.91 Å². The molecule has 0 N–H and O–H groups in total. The Balaban J connectivity index is 1.46. The van der Waals surface area contributed by atoms with Gasteiger partial charge >= 0.3 is 0 Å². The maximum atomic E-state index is 12.9. The van der Waals surface area contributed by atoms with E-state index in [4.69, 9.17) is 4.74 Å². The first-order valence-electron chi connectivity index (χ1n) is 10.8. The summed E-state index contributed by atoms with van der Waals surface area (Å²) < 4.78 is 7.14. The second-order valence-corrected chi connectivity index (χ2v) is 8.01. The van der Waals surface area contributed by atoms with E-state index in [9.17, 15) is 9.59 Å². The molecule has 2 saturated heterocycles. The molecule has 7 heteroatoms. The summed E-state index contributed by atoms with van der Waals surface area (Å²) in [6.07, 6.45) is 8.24. The molecule has 0 unspecified atom stereocenters. The summed E-state index contributed by atoms with van der Waals surface area (Å²) in [4.78, 5) is 29.1. The zero-order valence-corrected chi connectivity index (χ0v) is 17.2. The van der Waals surface area contributed by atoms with E-state index in [-0.39, 0.29) is 11.8 Å². The molecule has 2 amide bonds. The molecule has 4 rings (SSSR count). The minimum absolute atomic E-state index is 0.0248. The lowest BCUT2D eigenvalue weighted by molar-refractivity contribution is -0.132. The number of hydrogen-bond acceptors (Lipinski definition) is 4. The van der Waals surface area contributed by atoms with Gasteiger partial charge in [-0.1, -0.05) is 13.3 Å². The SMILES string of the molecule is CCCCC(=O)N1CCC(c2ccn3ncc(C(=O)N4CCOCC4)c3c2)CC1. The monoisotopic (exact) mass is 398 g/mol. The maximum Gasteiger partial charge on any atom is 0.257 e. The standard InChI is InChI=1S/C22H30N4O3/c1-2-3-4-21(27)24-8-5-17(6-9-24)18-7-10-26-20(15-18)19(16-23-26)22(28)25-11-13-29-14-12-25/h7,10,15-17H,2-6,8-9,11-14H2,1H3. The van der Waals surface area contributed by atoms with Crippen molar-refractivity contribution in [2.24, 2.45) is 0 Å². The fourth-order valence-corrected chi connectivity index (χ4v) is 4.30. The van der Waals surface area contributed by atoms with Crippen LogP contribution in [0.5, 0.6) is 0 Å². The molecule has 2 aliphatic rings. The summed E-state index contributed by atoms with van der Waals surface area (Å²) in [5, 5.41) is 4.37. The minimum atomic E-state index is 0.0248. The van der Waals surface area contributed by atoms with Gasteiger partial charge in [0.15, 0.2) is 0 Å². The van der Waals surface area contributed by atoms with Crippen LogP contribution >= 0.6 is 0 Å². The van der Waals surface area contributed by atoms with Gasteiger partial charge in [0, 0.05) is 38.8 Å². The molecule has 29 heavy (non-hydrogen) atoms. The van der Waals surface area contributed by atoms with Crippen LogP contribution in [0.3, 0.4) is 0 Å². The molecular formula is C22H30N4O3. The number of aromatic nitrogens is 2. The highest BCUT2D eigenvalue weighted by molar-refractivity contribution is 6.00. The van der Waals surface area contributed by atoms with Crippen molar-refractivity contribution in [1.82, 2.24) is 19.4 Å². The molecule has 0 atom stereocenters. The lowest BCUT2D eigenvalue weighted by Crippen LogP contribution is -2.40. The van der Waals surface area contributed by atoms with Gasteiger partial charge in [-0.05, 0) is 42.9 Å². The van der Waals surface area contributed by atoms with Gasteiger partial charge in [0.2, 0.25) is 5.91 Å². The van der Waals surface area contributed by atoms with Crippen LogP contribution in [-0.4, -0.2) is 70.6 Å². The van der Waals surface area contributed by atoms with Crippen molar-refractivity contribution in [3.8, 4) is 0 Å². The molecule has 0 spiro atoms. The third kappa shape index (κ3) is 4.29. The van der Waals surface area contributed by atoms with E-state index >= 15 is 0 Å². The minimum Gasteiger partial charge on any atom is -0.378 e. The molecule has 0 aromatic carbocycles. The molecule has 4 heterocycles. The topological polar surface area (TPSA) is 67.2 Å². The first-order valence-corrected chi connectivity index (χ1v) is 10.8. The Morgan fingerprint density at radius 1 is 1.14 bits per heavy atom. The van der Waals surface area contributed by atoms with Gasteiger partial charge in [-0.25, -0.2) is 4.52 Å². The van der Waals surface area contributed by atoms with Gasteiger partial charge in [-0.3, -0.25) is 9.59 Å². The van der Waals surface area contributed by atoms with Gasteiger partial charge in [-0.2, -0.15) is 5.10 Å². The molecule has 7 nitrogen and oxygen atoms in total. The maximum absolute atomic E-state index is 12.9. The summed E-state index contributed by atoms with van der Waals surface area (Å²) in [7, 11) is 0. The molecule has 0 radical (unpaired) electrons. The summed E-state index contributed by atoms with van der Waals surface area (Å²) in [6.45, 7) is 6.18. The van der Waals surface area contributed by atoms with Crippen molar-refractivity contribution in [1.29, 1.82) is 0 Å². The third-order valence-electron chi connectivity index (χ3n) is 6.14. The molecule has 2 aliphatic heterocycles. The highest BCUT2D eigenvalue weighted by Gasteiger charge is 2.25. The summed E-state index contributed by atoms with van der Waals surface area (Å²) in [5.41, 5.74) is 2.75. The third-order valence-corrected chi connectivity index (χ3v) is 6.14. The highest BCUT2D eigenvalue weighted by Crippen LogP contribution is 2.30. The summed E-state index contributed by atoms with van der Waals surface area (Å²) in [6, 6.07) is 4.21. The molecule has 2 aromatic rings. The number of morpholine rings is 1. The van der Waals surface area contributed by atoms with Crippen molar-refractivity contribution < 1.29 is 14.3 Å². The lowest BCUT2D eigenvalue weighted by Gasteiger charge is -2.32. The summed E-state index contributed by atoms with van der Waals surface area (Å²) in [5.74, 6) is 0.725. The van der Waals surface area contributed by atoms with E-state index in [2.05, 4.69) is 24.2 Å². The fourth-order valence-electron chi connectivity index (χ4n) is 4.30. The van der Waals surface area contributed by atoms with Crippen LogP contribution in [0, 0.1) is 0 Å². The highest BCUT2D eigenvalue weighted by atomic mass is 16.5. The van der Waals surface area contributed by atoms with Crippen LogP contribution in [0.2, 0.25) is 0 Å². The van der Waals surface area contributed by atoms with Crippen LogP contribution in [0.4, 0.5) is 0 Å².